The minimum Gasteiger partial charge on any atom is -0.389 e. The molecule has 21 heavy (non-hydrogen) atoms. The molecule has 1 saturated heterocycles. The first-order valence-electron chi connectivity index (χ1n) is 7.52. The highest BCUT2D eigenvalue weighted by Gasteiger charge is 2.23. The number of nitrogens with zero attached hydrogens (tertiary/aromatic N) is 2. The lowest BCUT2D eigenvalue weighted by Gasteiger charge is -2.30. The van der Waals surface area contributed by atoms with Crippen LogP contribution >= 0.6 is 12.2 Å². The van der Waals surface area contributed by atoms with Gasteiger partial charge in [-0.3, -0.25) is 4.90 Å². The monoisotopic (exact) mass is 309 g/mol. The van der Waals surface area contributed by atoms with Gasteiger partial charge in [-0.2, -0.15) is 0 Å². The van der Waals surface area contributed by atoms with Gasteiger partial charge in [-0.05, 0) is 44.1 Å². The lowest BCUT2D eigenvalue weighted by atomic mass is 10.0. The van der Waals surface area contributed by atoms with Crippen molar-refractivity contribution >= 4 is 17.2 Å². The zero-order valence-corrected chi connectivity index (χ0v) is 13.6. The van der Waals surface area contributed by atoms with Gasteiger partial charge in [-0.1, -0.05) is 25.2 Å². The van der Waals surface area contributed by atoms with E-state index in [1.807, 2.05) is 6.07 Å². The maximum absolute atomic E-state index is 13.4. The molecule has 1 aromatic rings. The molecule has 1 aliphatic rings. The Bertz CT molecular complexity index is 506. The zero-order chi connectivity index (χ0) is 15.4. The zero-order valence-electron chi connectivity index (χ0n) is 12.8. The highest BCUT2D eigenvalue weighted by molar-refractivity contribution is 7.80. The van der Waals surface area contributed by atoms with Crippen LogP contribution in [0.25, 0.3) is 0 Å². The SMILES string of the molecule is CCC1CN(C)CCCN1Cc1ccc(F)cc1C(N)=S. The van der Waals surface area contributed by atoms with Crippen molar-refractivity contribution in [3.63, 3.8) is 0 Å². The van der Waals surface area contributed by atoms with Crippen LogP contribution in [0, 0.1) is 5.82 Å². The molecule has 0 amide bonds. The maximum Gasteiger partial charge on any atom is 0.123 e. The Morgan fingerprint density at radius 3 is 2.86 bits per heavy atom. The molecule has 0 aromatic heterocycles. The molecule has 1 atom stereocenters. The second-order valence-electron chi connectivity index (χ2n) is 5.81. The van der Waals surface area contributed by atoms with Gasteiger partial charge in [0.1, 0.15) is 10.8 Å². The van der Waals surface area contributed by atoms with E-state index in [-0.39, 0.29) is 10.8 Å². The minimum absolute atomic E-state index is 0.268. The first-order valence-corrected chi connectivity index (χ1v) is 7.93. The molecule has 1 aliphatic heterocycles. The number of rotatable bonds is 4. The van der Waals surface area contributed by atoms with Crippen LogP contribution in [0.15, 0.2) is 18.2 Å². The van der Waals surface area contributed by atoms with Crippen molar-refractivity contribution in [1.29, 1.82) is 0 Å². The molecule has 0 radical (unpaired) electrons. The molecule has 0 bridgehead atoms. The maximum atomic E-state index is 13.4. The molecular formula is C16H24FN3S. The first kappa shape index (κ1) is 16.3. The number of thiocarbonyl (C=S) groups is 1. The number of nitrogens with two attached hydrogens (primary N) is 1. The van der Waals surface area contributed by atoms with Gasteiger partial charge >= 0.3 is 0 Å². The fourth-order valence-electron chi connectivity index (χ4n) is 3.02. The molecule has 116 valence electrons. The van der Waals surface area contributed by atoms with Crippen LogP contribution in [0.5, 0.6) is 0 Å². The third-order valence-electron chi connectivity index (χ3n) is 4.21. The van der Waals surface area contributed by atoms with Crippen molar-refractivity contribution in [2.75, 3.05) is 26.7 Å². The van der Waals surface area contributed by atoms with Gasteiger partial charge < -0.3 is 10.6 Å². The average Bonchev–Trinajstić information content (AvgIpc) is 2.62. The first-order chi connectivity index (χ1) is 10.0. The summed E-state index contributed by atoms with van der Waals surface area (Å²) in [6.07, 6.45) is 2.25. The minimum atomic E-state index is -0.288. The average molecular weight is 309 g/mol. The summed E-state index contributed by atoms with van der Waals surface area (Å²) in [5, 5.41) is 0. The summed E-state index contributed by atoms with van der Waals surface area (Å²) in [7, 11) is 2.17. The summed E-state index contributed by atoms with van der Waals surface area (Å²) in [5.74, 6) is -0.288. The number of likely N-dealkylation sites (N-methyl/N-ethyl adjacent to an activating group) is 1. The summed E-state index contributed by atoms with van der Waals surface area (Å²) >= 11 is 5.06. The quantitative estimate of drug-likeness (QED) is 0.866. The topological polar surface area (TPSA) is 32.5 Å². The Hall–Kier alpha value is -1.04. The fourth-order valence-corrected chi connectivity index (χ4v) is 3.21. The van der Waals surface area contributed by atoms with Crippen molar-refractivity contribution in [3.8, 4) is 0 Å². The van der Waals surface area contributed by atoms with Crippen molar-refractivity contribution in [2.24, 2.45) is 5.73 Å². The van der Waals surface area contributed by atoms with E-state index in [9.17, 15) is 4.39 Å². The van der Waals surface area contributed by atoms with Gasteiger partial charge in [0.2, 0.25) is 0 Å². The van der Waals surface area contributed by atoms with E-state index < -0.39 is 0 Å². The molecule has 0 saturated carbocycles. The molecule has 5 heteroatoms. The van der Waals surface area contributed by atoms with E-state index in [4.69, 9.17) is 18.0 Å². The van der Waals surface area contributed by atoms with Crippen LogP contribution in [-0.4, -0.2) is 47.5 Å². The molecule has 1 fully saturated rings. The van der Waals surface area contributed by atoms with E-state index in [0.717, 1.165) is 44.6 Å². The summed E-state index contributed by atoms with van der Waals surface area (Å²) in [6.45, 7) is 6.24. The predicted octanol–water partition coefficient (Wildman–Crippen LogP) is 2.38. The van der Waals surface area contributed by atoms with Gasteiger partial charge in [0.05, 0.1) is 0 Å². The molecular weight excluding hydrogens is 285 g/mol. The summed E-state index contributed by atoms with van der Waals surface area (Å²) in [5.41, 5.74) is 7.43. The smallest absolute Gasteiger partial charge is 0.123 e. The van der Waals surface area contributed by atoms with Crippen LogP contribution in [0.3, 0.4) is 0 Å². The molecule has 2 rings (SSSR count). The van der Waals surface area contributed by atoms with E-state index in [2.05, 4.69) is 23.8 Å². The molecule has 1 heterocycles. The third-order valence-corrected chi connectivity index (χ3v) is 4.43. The van der Waals surface area contributed by atoms with E-state index in [0.29, 0.717) is 11.6 Å². The van der Waals surface area contributed by atoms with Crippen LogP contribution < -0.4 is 5.73 Å². The second kappa shape index (κ2) is 7.29. The highest BCUT2D eigenvalue weighted by Crippen LogP contribution is 2.19. The van der Waals surface area contributed by atoms with E-state index >= 15 is 0 Å². The fraction of sp³-hybridized carbons (Fsp3) is 0.562. The van der Waals surface area contributed by atoms with Crippen molar-refractivity contribution in [3.05, 3.63) is 35.1 Å². The van der Waals surface area contributed by atoms with Gasteiger partial charge in [-0.15, -0.1) is 0 Å². The number of hydrogen-bond acceptors (Lipinski definition) is 3. The Morgan fingerprint density at radius 2 is 2.19 bits per heavy atom. The van der Waals surface area contributed by atoms with Crippen molar-refractivity contribution < 1.29 is 4.39 Å². The number of hydrogen-bond donors (Lipinski definition) is 1. The highest BCUT2D eigenvalue weighted by atomic mass is 32.1. The summed E-state index contributed by atoms with van der Waals surface area (Å²) in [6, 6.07) is 5.26. The second-order valence-corrected chi connectivity index (χ2v) is 6.25. The van der Waals surface area contributed by atoms with E-state index in [1.165, 1.54) is 12.1 Å². The molecule has 3 nitrogen and oxygen atoms in total. The Kier molecular flexibility index (Phi) is 5.67. The predicted molar refractivity (Wildman–Crippen MR) is 88.9 cm³/mol. The van der Waals surface area contributed by atoms with Gasteiger partial charge in [0.15, 0.2) is 0 Å². The third kappa shape index (κ3) is 4.22. The number of halogens is 1. The van der Waals surface area contributed by atoms with Crippen molar-refractivity contribution in [2.45, 2.75) is 32.4 Å². The molecule has 1 unspecified atom stereocenters. The largest absolute Gasteiger partial charge is 0.389 e. The summed E-state index contributed by atoms with van der Waals surface area (Å²) < 4.78 is 13.4. The Labute approximate surface area is 131 Å². The normalized spacial score (nSPS) is 21.2. The lowest BCUT2D eigenvalue weighted by molar-refractivity contribution is 0.176. The number of benzene rings is 1. The molecule has 0 aliphatic carbocycles. The summed E-state index contributed by atoms with van der Waals surface area (Å²) in [4.78, 5) is 5.12. The Morgan fingerprint density at radius 1 is 1.43 bits per heavy atom. The molecule has 0 spiro atoms. The van der Waals surface area contributed by atoms with Crippen LogP contribution in [0.1, 0.15) is 30.9 Å². The van der Waals surface area contributed by atoms with Gasteiger partial charge in [-0.25, -0.2) is 4.39 Å². The van der Waals surface area contributed by atoms with Crippen molar-refractivity contribution in [1.82, 2.24) is 9.80 Å². The van der Waals surface area contributed by atoms with Crippen LogP contribution in [0.4, 0.5) is 4.39 Å². The van der Waals surface area contributed by atoms with E-state index in [1.54, 1.807) is 0 Å². The molecule has 2 N–H and O–H groups in total. The van der Waals surface area contributed by atoms with Crippen LogP contribution in [-0.2, 0) is 6.54 Å². The van der Waals surface area contributed by atoms with Crippen LogP contribution in [0.2, 0.25) is 0 Å². The van der Waals surface area contributed by atoms with Gasteiger partial charge in [0, 0.05) is 31.2 Å². The molecule has 1 aromatic carbocycles. The standard InChI is InChI=1S/C16H24FN3S/c1-3-14-11-19(2)7-4-8-20(14)10-12-5-6-13(17)9-15(12)16(18)21/h5-6,9,14H,3-4,7-8,10-11H2,1-2H3,(H2,18,21). The Balaban J connectivity index is 2.21. The van der Waals surface area contributed by atoms with Gasteiger partial charge in [0.25, 0.3) is 0 Å². The lowest BCUT2D eigenvalue weighted by Crippen LogP contribution is -2.39.